The van der Waals surface area contributed by atoms with Crippen LogP contribution in [0, 0.1) is 0 Å². The maximum Gasteiger partial charge on any atom is 0.175 e. The van der Waals surface area contributed by atoms with E-state index in [2.05, 4.69) is 26.2 Å². The minimum atomic E-state index is 0.731. The van der Waals surface area contributed by atoms with Crippen LogP contribution in [0.4, 0.5) is 5.82 Å². The first kappa shape index (κ1) is 8.33. The van der Waals surface area contributed by atoms with Gasteiger partial charge in [-0.2, -0.15) is 0 Å². The van der Waals surface area contributed by atoms with E-state index in [1.807, 2.05) is 6.07 Å². The Morgan fingerprint density at radius 3 is 2.82 bits per heavy atom. The Morgan fingerprint density at radius 2 is 2.36 bits per heavy atom. The first-order chi connectivity index (χ1) is 5.29. The van der Waals surface area contributed by atoms with Gasteiger partial charge in [0, 0.05) is 13.2 Å². The van der Waals surface area contributed by atoms with E-state index in [-0.39, 0.29) is 0 Å². The number of aromatic nitrogens is 1. The quantitative estimate of drug-likeness (QED) is 0.821. The predicted molar refractivity (Wildman–Crippen MR) is 48.0 cm³/mol. The number of methoxy groups -OCH3 is 1. The lowest BCUT2D eigenvalue weighted by molar-refractivity contribution is 0.412. The first-order valence-corrected chi connectivity index (χ1v) is 3.95. The summed E-state index contributed by atoms with van der Waals surface area (Å²) in [5, 5.41) is 2.92. The zero-order valence-electron chi connectivity index (χ0n) is 6.39. The monoisotopic (exact) mass is 216 g/mol. The Balaban J connectivity index is 3.13. The van der Waals surface area contributed by atoms with Crippen molar-refractivity contribution in [3.05, 3.63) is 16.7 Å². The van der Waals surface area contributed by atoms with E-state index in [0.717, 1.165) is 16.0 Å². The fraction of sp³-hybridized carbons (Fsp3) is 0.286. The molecular weight excluding hydrogens is 208 g/mol. The molecule has 4 heteroatoms. The average Bonchev–Trinajstić information content (AvgIpc) is 2.04. The molecule has 0 fully saturated rings. The first-order valence-electron chi connectivity index (χ1n) is 3.16. The maximum absolute atomic E-state index is 5.10. The third kappa shape index (κ3) is 1.63. The van der Waals surface area contributed by atoms with Crippen molar-refractivity contribution in [2.45, 2.75) is 0 Å². The molecule has 1 heterocycles. The van der Waals surface area contributed by atoms with Gasteiger partial charge in [0.05, 0.1) is 11.6 Å². The molecule has 0 aliphatic carbocycles. The van der Waals surface area contributed by atoms with Crippen molar-refractivity contribution < 1.29 is 4.74 Å². The van der Waals surface area contributed by atoms with Gasteiger partial charge in [-0.05, 0) is 22.0 Å². The minimum Gasteiger partial charge on any atom is -0.492 e. The highest BCUT2D eigenvalue weighted by molar-refractivity contribution is 9.10. The van der Waals surface area contributed by atoms with Gasteiger partial charge >= 0.3 is 0 Å². The topological polar surface area (TPSA) is 34.2 Å². The summed E-state index contributed by atoms with van der Waals surface area (Å²) >= 11 is 3.34. The average molecular weight is 217 g/mol. The van der Waals surface area contributed by atoms with Crippen molar-refractivity contribution in [2.24, 2.45) is 0 Å². The second kappa shape index (κ2) is 3.57. The Kier molecular flexibility index (Phi) is 2.70. The van der Waals surface area contributed by atoms with E-state index in [1.165, 1.54) is 0 Å². The molecule has 1 aromatic rings. The summed E-state index contributed by atoms with van der Waals surface area (Å²) in [6, 6.07) is 1.83. The van der Waals surface area contributed by atoms with Crippen LogP contribution in [0.3, 0.4) is 0 Å². The van der Waals surface area contributed by atoms with Crippen molar-refractivity contribution >= 4 is 21.7 Å². The number of hydrogen-bond donors (Lipinski definition) is 1. The molecule has 1 rings (SSSR count). The molecule has 11 heavy (non-hydrogen) atoms. The van der Waals surface area contributed by atoms with Gasteiger partial charge in [-0.1, -0.05) is 0 Å². The molecule has 0 aliphatic heterocycles. The van der Waals surface area contributed by atoms with Gasteiger partial charge in [-0.3, -0.25) is 0 Å². The van der Waals surface area contributed by atoms with E-state index in [0.29, 0.717) is 0 Å². The molecule has 0 unspecified atom stereocenters. The Hall–Kier alpha value is -0.770. The van der Waals surface area contributed by atoms with Crippen LogP contribution in [0.2, 0.25) is 0 Å². The minimum absolute atomic E-state index is 0.731. The molecule has 0 radical (unpaired) electrons. The molecule has 0 saturated carbocycles. The number of halogens is 1. The fourth-order valence-corrected chi connectivity index (χ4v) is 1.26. The number of hydrogen-bond acceptors (Lipinski definition) is 3. The smallest absolute Gasteiger partial charge is 0.175 e. The molecule has 0 bridgehead atoms. The molecule has 60 valence electrons. The van der Waals surface area contributed by atoms with Crippen LogP contribution < -0.4 is 10.1 Å². The SMILES string of the molecule is CNc1nccc(Br)c1OC. The summed E-state index contributed by atoms with van der Waals surface area (Å²) in [7, 11) is 3.42. The third-order valence-electron chi connectivity index (χ3n) is 1.30. The van der Waals surface area contributed by atoms with Crippen molar-refractivity contribution in [2.75, 3.05) is 19.5 Å². The maximum atomic E-state index is 5.10. The molecule has 0 spiro atoms. The van der Waals surface area contributed by atoms with E-state index in [9.17, 15) is 0 Å². The summed E-state index contributed by atoms with van der Waals surface area (Å²) in [6.07, 6.45) is 1.71. The molecule has 0 saturated heterocycles. The number of nitrogens with one attached hydrogen (secondary N) is 1. The van der Waals surface area contributed by atoms with Crippen molar-refractivity contribution in [3.8, 4) is 5.75 Å². The number of rotatable bonds is 2. The van der Waals surface area contributed by atoms with Crippen molar-refractivity contribution in [1.82, 2.24) is 4.98 Å². The van der Waals surface area contributed by atoms with Crippen molar-refractivity contribution in [3.63, 3.8) is 0 Å². The van der Waals surface area contributed by atoms with Crippen LogP contribution >= 0.6 is 15.9 Å². The summed E-state index contributed by atoms with van der Waals surface area (Å²) < 4.78 is 6.00. The van der Waals surface area contributed by atoms with Gasteiger partial charge < -0.3 is 10.1 Å². The Morgan fingerprint density at radius 1 is 1.64 bits per heavy atom. The number of pyridine rings is 1. The molecule has 1 N–H and O–H groups in total. The van der Waals surface area contributed by atoms with Gasteiger partial charge in [0.1, 0.15) is 0 Å². The highest BCUT2D eigenvalue weighted by Crippen LogP contribution is 2.29. The third-order valence-corrected chi connectivity index (χ3v) is 1.92. The summed E-state index contributed by atoms with van der Waals surface area (Å²) in [6.45, 7) is 0. The van der Waals surface area contributed by atoms with Gasteiger partial charge in [-0.15, -0.1) is 0 Å². The second-order valence-electron chi connectivity index (χ2n) is 1.92. The Labute approximate surface area is 73.9 Å². The van der Waals surface area contributed by atoms with Crippen LogP contribution in [0.1, 0.15) is 0 Å². The summed E-state index contributed by atoms with van der Waals surface area (Å²) in [4.78, 5) is 4.06. The number of nitrogens with zero attached hydrogens (tertiary/aromatic N) is 1. The second-order valence-corrected chi connectivity index (χ2v) is 2.78. The van der Waals surface area contributed by atoms with E-state index < -0.39 is 0 Å². The van der Waals surface area contributed by atoms with Crippen LogP contribution in [-0.4, -0.2) is 19.1 Å². The zero-order chi connectivity index (χ0) is 8.27. The lowest BCUT2D eigenvalue weighted by Gasteiger charge is -2.07. The Bertz CT molecular complexity index is 252. The van der Waals surface area contributed by atoms with Gasteiger partial charge in [0.15, 0.2) is 11.6 Å². The lowest BCUT2D eigenvalue weighted by atomic mass is 10.4. The highest BCUT2D eigenvalue weighted by atomic mass is 79.9. The molecule has 1 aromatic heterocycles. The molecule has 0 amide bonds. The fourth-order valence-electron chi connectivity index (χ4n) is 0.797. The van der Waals surface area contributed by atoms with Gasteiger partial charge in [-0.25, -0.2) is 4.98 Å². The van der Waals surface area contributed by atoms with E-state index in [4.69, 9.17) is 4.74 Å². The summed E-state index contributed by atoms with van der Waals surface area (Å²) in [5.74, 6) is 1.47. The molecule has 0 aliphatic rings. The number of ether oxygens (including phenoxy) is 1. The standard InChI is InChI=1S/C7H9BrN2O/c1-9-7-6(11-2)5(8)3-4-10-7/h3-4H,1-2H3,(H,9,10). The van der Waals surface area contributed by atoms with Crippen LogP contribution in [0.15, 0.2) is 16.7 Å². The van der Waals surface area contributed by atoms with Gasteiger partial charge in [0.2, 0.25) is 0 Å². The molecule has 0 atom stereocenters. The summed E-state index contributed by atoms with van der Waals surface area (Å²) in [5.41, 5.74) is 0. The van der Waals surface area contributed by atoms with Gasteiger partial charge in [0.25, 0.3) is 0 Å². The largest absolute Gasteiger partial charge is 0.492 e. The van der Waals surface area contributed by atoms with Crippen LogP contribution in [-0.2, 0) is 0 Å². The van der Waals surface area contributed by atoms with E-state index >= 15 is 0 Å². The zero-order valence-corrected chi connectivity index (χ0v) is 7.97. The van der Waals surface area contributed by atoms with Crippen LogP contribution in [0.25, 0.3) is 0 Å². The predicted octanol–water partition coefficient (Wildman–Crippen LogP) is 1.89. The van der Waals surface area contributed by atoms with Crippen molar-refractivity contribution in [1.29, 1.82) is 0 Å². The normalized spacial score (nSPS) is 9.36. The highest BCUT2D eigenvalue weighted by Gasteiger charge is 2.04. The van der Waals surface area contributed by atoms with Crippen LogP contribution in [0.5, 0.6) is 5.75 Å². The lowest BCUT2D eigenvalue weighted by Crippen LogP contribution is -1.96. The number of anilines is 1. The molecule has 0 aromatic carbocycles. The molecule has 3 nitrogen and oxygen atoms in total. The van der Waals surface area contributed by atoms with E-state index in [1.54, 1.807) is 20.4 Å². The molecular formula is C7H9BrN2O.